The smallest absolute Gasteiger partial charge is 0.268 e. The summed E-state index contributed by atoms with van der Waals surface area (Å²) in [5.41, 5.74) is 9.94. The van der Waals surface area contributed by atoms with Crippen LogP contribution in [0.25, 0.3) is 10.1 Å². The molecule has 25 heavy (non-hydrogen) atoms. The van der Waals surface area contributed by atoms with E-state index in [2.05, 4.69) is 0 Å². The lowest BCUT2D eigenvalue weighted by Gasteiger charge is -2.30. The number of amides is 1. The molecule has 0 spiro atoms. The molecule has 1 aliphatic rings. The third-order valence-electron chi connectivity index (χ3n) is 4.87. The number of hydrogen-bond acceptors (Lipinski definition) is 4. The average Bonchev–Trinajstić information content (AvgIpc) is 2.97. The number of thiophene rings is 1. The van der Waals surface area contributed by atoms with Crippen LogP contribution in [0.4, 0.5) is 11.4 Å². The number of anilines is 2. The first-order valence-electron chi connectivity index (χ1n) is 8.36. The maximum Gasteiger partial charge on any atom is 0.268 e. The highest BCUT2D eigenvalue weighted by atomic mass is 32.1. The number of nitrogen functional groups attached to an aromatic ring is 1. The van der Waals surface area contributed by atoms with Gasteiger partial charge in [0.15, 0.2) is 0 Å². The van der Waals surface area contributed by atoms with Crippen LogP contribution in [0.3, 0.4) is 0 Å². The fourth-order valence-electron chi connectivity index (χ4n) is 3.52. The van der Waals surface area contributed by atoms with Crippen LogP contribution in [0.5, 0.6) is 5.75 Å². The molecule has 3 aromatic rings. The van der Waals surface area contributed by atoms with Crippen molar-refractivity contribution in [2.75, 3.05) is 24.3 Å². The number of benzene rings is 2. The maximum absolute atomic E-state index is 13.3. The van der Waals surface area contributed by atoms with Crippen LogP contribution in [-0.4, -0.2) is 19.6 Å². The highest BCUT2D eigenvalue weighted by Crippen LogP contribution is 2.37. The second-order valence-electron chi connectivity index (χ2n) is 6.32. The number of nitrogens with two attached hydrogens (primary N) is 1. The Morgan fingerprint density at radius 2 is 2.12 bits per heavy atom. The van der Waals surface area contributed by atoms with E-state index in [0.717, 1.165) is 62.6 Å². The van der Waals surface area contributed by atoms with E-state index in [9.17, 15) is 4.79 Å². The van der Waals surface area contributed by atoms with Crippen LogP contribution in [0.1, 0.15) is 27.2 Å². The highest BCUT2D eigenvalue weighted by molar-refractivity contribution is 7.21. The first kappa shape index (κ1) is 16.0. The van der Waals surface area contributed by atoms with Crippen LogP contribution < -0.4 is 15.4 Å². The van der Waals surface area contributed by atoms with Crippen molar-refractivity contribution in [3.05, 3.63) is 52.4 Å². The van der Waals surface area contributed by atoms with Gasteiger partial charge in [-0.1, -0.05) is 6.07 Å². The van der Waals surface area contributed by atoms with Crippen LogP contribution in [0.2, 0.25) is 0 Å². The van der Waals surface area contributed by atoms with Gasteiger partial charge < -0.3 is 15.4 Å². The van der Waals surface area contributed by atoms with Gasteiger partial charge in [0.25, 0.3) is 5.91 Å². The van der Waals surface area contributed by atoms with E-state index in [-0.39, 0.29) is 5.91 Å². The standard InChI is InChI=1S/C20H20N2O2S/c1-12-15-11-13(24-2)8-9-18(15)25-19(12)20(23)22-10-4-5-14-16(21)6-3-7-17(14)22/h3,6-9,11H,4-5,10,21H2,1-2H3. The Bertz CT molecular complexity index is 977. The number of nitrogens with zero attached hydrogens (tertiary/aromatic N) is 1. The van der Waals surface area contributed by atoms with E-state index >= 15 is 0 Å². The van der Waals surface area contributed by atoms with Gasteiger partial charge in [-0.3, -0.25) is 4.79 Å². The molecule has 0 unspecified atom stereocenters. The molecule has 1 aliphatic heterocycles. The fraction of sp³-hybridized carbons (Fsp3) is 0.250. The minimum Gasteiger partial charge on any atom is -0.497 e. The summed E-state index contributed by atoms with van der Waals surface area (Å²) in [6, 6.07) is 11.8. The quantitative estimate of drug-likeness (QED) is 0.696. The van der Waals surface area contributed by atoms with Crippen molar-refractivity contribution in [1.29, 1.82) is 0 Å². The van der Waals surface area contributed by atoms with Crippen molar-refractivity contribution in [1.82, 2.24) is 0 Å². The predicted molar refractivity (Wildman–Crippen MR) is 104 cm³/mol. The van der Waals surface area contributed by atoms with Crippen molar-refractivity contribution in [3.63, 3.8) is 0 Å². The molecule has 4 nitrogen and oxygen atoms in total. The van der Waals surface area contributed by atoms with Crippen molar-refractivity contribution in [2.45, 2.75) is 19.8 Å². The third kappa shape index (κ3) is 2.55. The van der Waals surface area contributed by atoms with Gasteiger partial charge in [-0.25, -0.2) is 0 Å². The zero-order chi connectivity index (χ0) is 17.6. The van der Waals surface area contributed by atoms with Crippen molar-refractivity contribution in [3.8, 4) is 5.75 Å². The molecule has 0 atom stereocenters. The van der Waals surface area contributed by atoms with E-state index in [1.807, 2.05) is 48.2 Å². The molecule has 1 aromatic heterocycles. The van der Waals surface area contributed by atoms with Gasteiger partial charge in [-0.15, -0.1) is 11.3 Å². The zero-order valence-electron chi connectivity index (χ0n) is 14.3. The van der Waals surface area contributed by atoms with Gasteiger partial charge in [-0.2, -0.15) is 0 Å². The topological polar surface area (TPSA) is 55.6 Å². The highest BCUT2D eigenvalue weighted by Gasteiger charge is 2.27. The lowest BCUT2D eigenvalue weighted by Crippen LogP contribution is -2.35. The van der Waals surface area contributed by atoms with E-state index in [1.54, 1.807) is 18.4 Å². The van der Waals surface area contributed by atoms with Gasteiger partial charge in [0, 0.05) is 22.6 Å². The van der Waals surface area contributed by atoms with Crippen molar-refractivity contribution < 1.29 is 9.53 Å². The number of ether oxygens (including phenoxy) is 1. The van der Waals surface area contributed by atoms with Crippen molar-refractivity contribution in [2.24, 2.45) is 0 Å². The number of carbonyl (C=O) groups is 1. The van der Waals surface area contributed by atoms with Gasteiger partial charge >= 0.3 is 0 Å². The summed E-state index contributed by atoms with van der Waals surface area (Å²) in [4.78, 5) is 16.0. The van der Waals surface area contributed by atoms with Gasteiger partial charge in [0.05, 0.1) is 12.0 Å². The maximum atomic E-state index is 13.3. The molecule has 5 heteroatoms. The summed E-state index contributed by atoms with van der Waals surface area (Å²) < 4.78 is 6.42. The van der Waals surface area contributed by atoms with Crippen LogP contribution >= 0.6 is 11.3 Å². The Morgan fingerprint density at radius 1 is 1.28 bits per heavy atom. The largest absolute Gasteiger partial charge is 0.497 e. The average molecular weight is 352 g/mol. The molecular formula is C20H20N2O2S. The predicted octanol–water partition coefficient (Wildman–Crippen LogP) is 4.39. The number of fused-ring (bicyclic) bond motifs is 2. The summed E-state index contributed by atoms with van der Waals surface area (Å²) in [6.45, 7) is 2.74. The molecule has 0 saturated carbocycles. The lowest BCUT2D eigenvalue weighted by molar-refractivity contribution is 0.0988. The SMILES string of the molecule is COc1ccc2sc(C(=O)N3CCCc4c(N)cccc43)c(C)c2c1. The molecule has 0 fully saturated rings. The fourth-order valence-corrected chi connectivity index (χ4v) is 4.65. The van der Waals surface area contributed by atoms with Crippen LogP contribution in [0, 0.1) is 6.92 Å². The molecule has 0 saturated heterocycles. The van der Waals surface area contributed by atoms with E-state index in [0.29, 0.717) is 0 Å². The Morgan fingerprint density at radius 3 is 2.92 bits per heavy atom. The Labute approximate surface area is 150 Å². The molecule has 0 aliphatic carbocycles. The molecule has 1 amide bonds. The number of carbonyl (C=O) groups excluding carboxylic acids is 1. The molecule has 2 heterocycles. The summed E-state index contributed by atoms with van der Waals surface area (Å²) in [7, 11) is 1.66. The van der Waals surface area contributed by atoms with Crippen LogP contribution in [-0.2, 0) is 6.42 Å². The molecule has 4 rings (SSSR count). The third-order valence-corrected chi connectivity index (χ3v) is 6.13. The molecular weight excluding hydrogens is 332 g/mol. The Hall–Kier alpha value is -2.53. The minimum atomic E-state index is 0.0595. The normalized spacial score (nSPS) is 13.8. The van der Waals surface area contributed by atoms with E-state index in [1.165, 1.54) is 0 Å². The van der Waals surface area contributed by atoms with Crippen LogP contribution in [0.15, 0.2) is 36.4 Å². The monoisotopic (exact) mass is 352 g/mol. The van der Waals surface area contributed by atoms with E-state index < -0.39 is 0 Å². The summed E-state index contributed by atoms with van der Waals surface area (Å²) in [6.07, 6.45) is 1.86. The zero-order valence-corrected chi connectivity index (χ0v) is 15.2. The molecule has 2 N–H and O–H groups in total. The van der Waals surface area contributed by atoms with Gasteiger partial charge in [0.1, 0.15) is 5.75 Å². The number of methoxy groups -OCH3 is 1. The Balaban J connectivity index is 1.79. The first-order chi connectivity index (χ1) is 12.1. The van der Waals surface area contributed by atoms with Gasteiger partial charge in [0.2, 0.25) is 0 Å². The second kappa shape index (κ2) is 6.08. The summed E-state index contributed by atoms with van der Waals surface area (Å²) >= 11 is 1.55. The lowest BCUT2D eigenvalue weighted by atomic mass is 9.99. The van der Waals surface area contributed by atoms with E-state index in [4.69, 9.17) is 10.5 Å². The van der Waals surface area contributed by atoms with Gasteiger partial charge in [-0.05, 0) is 66.6 Å². The first-order valence-corrected chi connectivity index (χ1v) is 9.18. The number of rotatable bonds is 2. The minimum absolute atomic E-state index is 0.0595. The molecule has 0 bridgehead atoms. The summed E-state index contributed by atoms with van der Waals surface area (Å²) in [5.74, 6) is 0.868. The Kier molecular flexibility index (Phi) is 3.88. The number of hydrogen-bond donors (Lipinski definition) is 1. The molecule has 0 radical (unpaired) electrons. The van der Waals surface area contributed by atoms with Crippen molar-refractivity contribution >= 4 is 38.7 Å². The molecule has 128 valence electrons. The molecule has 2 aromatic carbocycles. The second-order valence-corrected chi connectivity index (χ2v) is 7.38. The number of aryl methyl sites for hydroxylation is 1. The summed E-state index contributed by atoms with van der Waals surface area (Å²) in [5, 5.41) is 1.08.